The summed E-state index contributed by atoms with van der Waals surface area (Å²) in [5.41, 5.74) is 0. The zero-order valence-electron chi connectivity index (χ0n) is 14.1. The van der Waals surface area contributed by atoms with Gasteiger partial charge in [0, 0.05) is 12.1 Å². The van der Waals surface area contributed by atoms with Crippen molar-refractivity contribution in [3.8, 4) is 0 Å². The average Bonchev–Trinajstić information content (AvgIpc) is 2.49. The van der Waals surface area contributed by atoms with Gasteiger partial charge < -0.3 is 0 Å². The second kappa shape index (κ2) is 6.99. The van der Waals surface area contributed by atoms with E-state index in [4.69, 9.17) is 0 Å². The highest BCUT2D eigenvalue weighted by Crippen LogP contribution is 2.36. The summed E-state index contributed by atoms with van der Waals surface area (Å²) in [6, 6.07) is 0.523. The third-order valence-electron chi connectivity index (χ3n) is 5.70. The molecule has 2 rings (SSSR count). The topological polar surface area (TPSA) is 37.4 Å². The van der Waals surface area contributed by atoms with Gasteiger partial charge in [-0.3, -0.25) is 0 Å². The average molecular weight is 316 g/mol. The molecule has 0 aromatic heterocycles. The lowest BCUT2D eigenvalue weighted by atomic mass is 9.91. The van der Waals surface area contributed by atoms with E-state index in [-0.39, 0.29) is 12.1 Å². The van der Waals surface area contributed by atoms with Gasteiger partial charge in [0.15, 0.2) is 0 Å². The summed E-state index contributed by atoms with van der Waals surface area (Å²) in [5.74, 6) is 0. The van der Waals surface area contributed by atoms with E-state index in [2.05, 4.69) is 0 Å². The summed E-state index contributed by atoms with van der Waals surface area (Å²) in [5, 5.41) is 0. The van der Waals surface area contributed by atoms with Crippen LogP contribution in [0.5, 0.6) is 0 Å². The van der Waals surface area contributed by atoms with E-state index in [9.17, 15) is 8.42 Å². The van der Waals surface area contributed by atoms with Gasteiger partial charge in [-0.2, -0.15) is 4.31 Å². The van der Waals surface area contributed by atoms with E-state index in [1.807, 2.05) is 25.1 Å². The zero-order chi connectivity index (χ0) is 15.5. The molecule has 3 nitrogen and oxygen atoms in total. The van der Waals surface area contributed by atoms with Crippen molar-refractivity contribution in [1.82, 2.24) is 4.31 Å². The van der Waals surface area contributed by atoms with Gasteiger partial charge in [0.05, 0.1) is 4.75 Å². The Morgan fingerprint density at radius 2 is 1.24 bits per heavy atom. The van der Waals surface area contributed by atoms with Crippen LogP contribution in [0.1, 0.15) is 91.4 Å². The Balaban J connectivity index is 2.30. The zero-order valence-corrected chi connectivity index (χ0v) is 14.9. The van der Waals surface area contributed by atoms with Gasteiger partial charge in [0.1, 0.15) is 0 Å². The summed E-state index contributed by atoms with van der Waals surface area (Å²) < 4.78 is 28.0. The molecule has 4 heteroatoms. The van der Waals surface area contributed by atoms with Gasteiger partial charge in [-0.15, -0.1) is 0 Å². The van der Waals surface area contributed by atoms with Crippen molar-refractivity contribution in [3.63, 3.8) is 0 Å². The maximum atomic E-state index is 13.3. The monoisotopic (exact) mass is 315 g/mol. The van der Waals surface area contributed by atoms with E-state index < -0.39 is 14.8 Å². The van der Waals surface area contributed by atoms with Crippen LogP contribution >= 0.6 is 0 Å². The third kappa shape index (κ3) is 3.64. The first-order valence-electron chi connectivity index (χ1n) is 8.93. The minimum atomic E-state index is -3.22. The fourth-order valence-corrected chi connectivity index (χ4v) is 5.97. The Morgan fingerprint density at radius 1 is 0.857 bits per heavy atom. The molecule has 0 radical (unpaired) electrons. The minimum absolute atomic E-state index is 0.262. The molecule has 21 heavy (non-hydrogen) atoms. The van der Waals surface area contributed by atoms with Crippen LogP contribution in [0.3, 0.4) is 0 Å². The molecule has 0 bridgehead atoms. The molecule has 124 valence electrons. The predicted octanol–water partition coefficient (Wildman–Crippen LogP) is 4.47. The van der Waals surface area contributed by atoms with Crippen molar-refractivity contribution in [2.75, 3.05) is 0 Å². The van der Waals surface area contributed by atoms with E-state index in [0.29, 0.717) is 6.42 Å². The molecule has 2 aliphatic carbocycles. The lowest BCUT2D eigenvalue weighted by molar-refractivity contribution is 0.165. The Kier molecular flexibility index (Phi) is 5.75. The predicted molar refractivity (Wildman–Crippen MR) is 88.9 cm³/mol. The number of hydrogen-bond acceptors (Lipinski definition) is 2. The van der Waals surface area contributed by atoms with Crippen LogP contribution in [0.2, 0.25) is 0 Å². The summed E-state index contributed by atoms with van der Waals surface area (Å²) in [4.78, 5) is 0. The second-order valence-electron chi connectivity index (χ2n) is 7.53. The highest BCUT2D eigenvalue weighted by molar-refractivity contribution is 7.90. The number of sulfonamides is 1. The van der Waals surface area contributed by atoms with Gasteiger partial charge in [0.2, 0.25) is 10.0 Å². The van der Waals surface area contributed by atoms with Crippen LogP contribution in [-0.2, 0) is 10.0 Å². The Bertz CT molecular complexity index is 400. The first kappa shape index (κ1) is 17.3. The maximum absolute atomic E-state index is 13.3. The number of rotatable bonds is 5. The fraction of sp³-hybridized carbons (Fsp3) is 1.00. The summed E-state index contributed by atoms with van der Waals surface area (Å²) in [6.07, 6.45) is 12.2. The smallest absolute Gasteiger partial charge is 0.212 e. The van der Waals surface area contributed by atoms with Crippen LogP contribution < -0.4 is 0 Å². The first-order valence-corrected chi connectivity index (χ1v) is 10.4. The molecule has 2 saturated carbocycles. The third-order valence-corrected chi connectivity index (χ3v) is 8.53. The number of hydrogen-bond donors (Lipinski definition) is 0. The Morgan fingerprint density at radius 3 is 1.57 bits per heavy atom. The largest absolute Gasteiger partial charge is 0.219 e. The first-order chi connectivity index (χ1) is 9.90. The molecule has 0 unspecified atom stereocenters. The van der Waals surface area contributed by atoms with E-state index >= 15 is 0 Å². The van der Waals surface area contributed by atoms with Crippen LogP contribution in [0.25, 0.3) is 0 Å². The quantitative estimate of drug-likeness (QED) is 0.750. The lowest BCUT2D eigenvalue weighted by Crippen LogP contribution is -2.54. The molecular formula is C17H33NO2S. The van der Waals surface area contributed by atoms with E-state index in [1.165, 1.54) is 38.5 Å². The van der Waals surface area contributed by atoms with Gasteiger partial charge in [-0.05, 0) is 46.0 Å². The molecule has 0 heterocycles. The van der Waals surface area contributed by atoms with Crippen molar-refractivity contribution in [2.45, 2.75) is 108 Å². The molecule has 0 atom stereocenters. The molecule has 0 aromatic carbocycles. The molecular weight excluding hydrogens is 282 g/mol. The van der Waals surface area contributed by atoms with Crippen molar-refractivity contribution in [1.29, 1.82) is 0 Å². The summed E-state index contributed by atoms with van der Waals surface area (Å²) >= 11 is 0. The van der Waals surface area contributed by atoms with Crippen molar-refractivity contribution in [3.05, 3.63) is 0 Å². The molecule has 0 saturated heterocycles. The van der Waals surface area contributed by atoms with E-state index in [0.717, 1.165) is 25.7 Å². The van der Waals surface area contributed by atoms with Gasteiger partial charge in [-0.25, -0.2) is 8.42 Å². The van der Waals surface area contributed by atoms with Crippen molar-refractivity contribution < 1.29 is 8.42 Å². The normalized spacial score (nSPS) is 23.6. The summed E-state index contributed by atoms with van der Waals surface area (Å²) in [6.45, 7) is 5.81. The minimum Gasteiger partial charge on any atom is -0.212 e. The van der Waals surface area contributed by atoms with Gasteiger partial charge in [0.25, 0.3) is 0 Å². The summed E-state index contributed by atoms with van der Waals surface area (Å²) in [7, 11) is -3.22. The molecule has 0 N–H and O–H groups in total. The molecule has 0 aliphatic heterocycles. The second-order valence-corrected chi connectivity index (χ2v) is 10.0. The molecule has 2 aliphatic rings. The Labute approximate surface area is 131 Å². The van der Waals surface area contributed by atoms with Gasteiger partial charge in [-0.1, -0.05) is 45.4 Å². The Hall–Kier alpha value is -0.0900. The van der Waals surface area contributed by atoms with Crippen molar-refractivity contribution >= 4 is 10.0 Å². The molecule has 2 fully saturated rings. The van der Waals surface area contributed by atoms with Crippen molar-refractivity contribution in [2.24, 2.45) is 0 Å². The molecule has 0 amide bonds. The standard InChI is InChI=1S/C17H33NO2S/c1-4-17(2,3)21(19,20)18(15-11-7-5-8-12-15)16-13-9-6-10-14-16/h15-16H,4-14H2,1-3H3. The lowest BCUT2D eigenvalue weighted by Gasteiger charge is -2.44. The van der Waals surface area contributed by atoms with Crippen LogP contribution in [-0.4, -0.2) is 29.6 Å². The SMILES string of the molecule is CCC(C)(C)S(=O)(=O)N(C1CCCCC1)C1CCCCC1. The fourth-order valence-electron chi connectivity index (χ4n) is 3.83. The van der Waals surface area contributed by atoms with E-state index in [1.54, 1.807) is 0 Å². The maximum Gasteiger partial charge on any atom is 0.219 e. The van der Waals surface area contributed by atoms with Crippen LogP contribution in [0.4, 0.5) is 0 Å². The van der Waals surface area contributed by atoms with Gasteiger partial charge >= 0.3 is 0 Å². The number of nitrogens with zero attached hydrogens (tertiary/aromatic N) is 1. The van der Waals surface area contributed by atoms with Crippen LogP contribution in [0, 0.1) is 0 Å². The van der Waals surface area contributed by atoms with Crippen LogP contribution in [0.15, 0.2) is 0 Å². The molecule has 0 aromatic rings. The highest BCUT2D eigenvalue weighted by Gasteiger charge is 2.44. The highest BCUT2D eigenvalue weighted by atomic mass is 32.2. The molecule has 0 spiro atoms.